The number of esters is 1. The standard InChI is InChI=1S/C20H36O4/c1-2-3-4-5-6-7-8-9-10-11-12-13-18-17(16-19(21)24-18)20-22-14-15-23-20/h17-18,20H,2-16H2,1H3/t17-,18+/m0/s1. The highest BCUT2D eigenvalue weighted by Crippen LogP contribution is 2.32. The average Bonchev–Trinajstić information content (AvgIpc) is 3.22. The Balaban J connectivity index is 1.45. The molecule has 0 aromatic heterocycles. The van der Waals surface area contributed by atoms with Gasteiger partial charge >= 0.3 is 5.97 Å². The first-order chi connectivity index (χ1) is 11.8. The summed E-state index contributed by atoms with van der Waals surface area (Å²) in [5.41, 5.74) is 0. The predicted molar refractivity (Wildman–Crippen MR) is 94.8 cm³/mol. The van der Waals surface area contributed by atoms with Crippen molar-refractivity contribution in [3.05, 3.63) is 0 Å². The Morgan fingerprint density at radius 3 is 1.96 bits per heavy atom. The molecule has 4 nitrogen and oxygen atoms in total. The summed E-state index contributed by atoms with van der Waals surface area (Å²) >= 11 is 0. The van der Waals surface area contributed by atoms with Crippen molar-refractivity contribution in [1.29, 1.82) is 0 Å². The van der Waals surface area contributed by atoms with Crippen LogP contribution in [-0.2, 0) is 19.0 Å². The highest BCUT2D eigenvalue weighted by atomic mass is 16.7. The maximum atomic E-state index is 11.6. The van der Waals surface area contributed by atoms with E-state index in [9.17, 15) is 4.79 Å². The normalized spacial score (nSPS) is 24.6. The minimum absolute atomic E-state index is 0.000773. The highest BCUT2D eigenvalue weighted by Gasteiger charge is 2.42. The minimum Gasteiger partial charge on any atom is -0.462 e. The lowest BCUT2D eigenvalue weighted by molar-refractivity contribution is -0.142. The molecule has 2 heterocycles. The first kappa shape index (κ1) is 19.7. The Labute approximate surface area is 147 Å². The van der Waals surface area contributed by atoms with Gasteiger partial charge in [0, 0.05) is 0 Å². The zero-order chi connectivity index (χ0) is 17.0. The molecule has 0 spiro atoms. The molecule has 0 saturated carbocycles. The van der Waals surface area contributed by atoms with Crippen molar-refractivity contribution in [1.82, 2.24) is 0 Å². The van der Waals surface area contributed by atoms with Gasteiger partial charge in [-0.1, -0.05) is 71.1 Å². The van der Waals surface area contributed by atoms with E-state index in [2.05, 4.69) is 6.92 Å². The molecule has 0 aliphatic carbocycles. The quantitative estimate of drug-likeness (QED) is 0.350. The van der Waals surface area contributed by atoms with Gasteiger partial charge in [0.1, 0.15) is 6.10 Å². The van der Waals surface area contributed by atoms with Gasteiger partial charge in [0.2, 0.25) is 0 Å². The first-order valence-corrected chi connectivity index (χ1v) is 10.2. The number of hydrogen-bond donors (Lipinski definition) is 0. The van der Waals surface area contributed by atoms with Crippen LogP contribution in [0.5, 0.6) is 0 Å². The van der Waals surface area contributed by atoms with Crippen molar-refractivity contribution in [2.24, 2.45) is 5.92 Å². The van der Waals surface area contributed by atoms with Crippen LogP contribution in [0.2, 0.25) is 0 Å². The molecule has 0 amide bonds. The molecule has 2 atom stereocenters. The van der Waals surface area contributed by atoms with Gasteiger partial charge in [-0.05, 0) is 12.8 Å². The third-order valence-electron chi connectivity index (χ3n) is 5.25. The van der Waals surface area contributed by atoms with E-state index in [1.165, 1.54) is 64.2 Å². The van der Waals surface area contributed by atoms with Gasteiger partial charge in [0.05, 0.1) is 25.6 Å². The summed E-state index contributed by atoms with van der Waals surface area (Å²) < 4.78 is 16.6. The van der Waals surface area contributed by atoms with Crippen LogP contribution >= 0.6 is 0 Å². The summed E-state index contributed by atoms with van der Waals surface area (Å²) in [4.78, 5) is 11.6. The monoisotopic (exact) mass is 340 g/mol. The summed E-state index contributed by atoms with van der Waals surface area (Å²) in [5, 5.41) is 0. The van der Waals surface area contributed by atoms with E-state index in [4.69, 9.17) is 14.2 Å². The molecular weight excluding hydrogens is 304 g/mol. The molecule has 0 N–H and O–H groups in total. The van der Waals surface area contributed by atoms with Crippen LogP contribution in [0.25, 0.3) is 0 Å². The Bertz CT molecular complexity index is 339. The van der Waals surface area contributed by atoms with E-state index in [1.807, 2.05) is 0 Å². The van der Waals surface area contributed by atoms with Crippen molar-refractivity contribution in [3.63, 3.8) is 0 Å². The summed E-state index contributed by atoms with van der Waals surface area (Å²) in [7, 11) is 0. The molecular formula is C20H36O4. The average molecular weight is 341 g/mol. The van der Waals surface area contributed by atoms with E-state index in [1.54, 1.807) is 0 Å². The maximum Gasteiger partial charge on any atom is 0.306 e. The van der Waals surface area contributed by atoms with Gasteiger partial charge in [0.25, 0.3) is 0 Å². The summed E-state index contributed by atoms with van der Waals surface area (Å²) in [5.74, 6) is 0.00953. The summed E-state index contributed by atoms with van der Waals surface area (Å²) in [6.45, 7) is 3.55. The molecule has 0 bridgehead atoms. The molecule has 2 aliphatic heterocycles. The van der Waals surface area contributed by atoms with Crippen LogP contribution in [0, 0.1) is 5.92 Å². The van der Waals surface area contributed by atoms with Crippen molar-refractivity contribution in [2.75, 3.05) is 13.2 Å². The second-order valence-electron chi connectivity index (χ2n) is 7.33. The van der Waals surface area contributed by atoms with Crippen molar-refractivity contribution in [2.45, 2.75) is 103 Å². The van der Waals surface area contributed by atoms with Crippen LogP contribution in [0.4, 0.5) is 0 Å². The predicted octanol–water partition coefficient (Wildman–Crippen LogP) is 4.99. The molecule has 24 heavy (non-hydrogen) atoms. The lowest BCUT2D eigenvalue weighted by Crippen LogP contribution is -2.29. The molecule has 2 fully saturated rings. The first-order valence-electron chi connectivity index (χ1n) is 10.2. The minimum atomic E-state index is -0.228. The van der Waals surface area contributed by atoms with Gasteiger partial charge in [-0.3, -0.25) is 4.79 Å². The topological polar surface area (TPSA) is 44.8 Å². The van der Waals surface area contributed by atoms with Crippen LogP contribution in [-0.4, -0.2) is 31.6 Å². The number of ether oxygens (including phenoxy) is 3. The van der Waals surface area contributed by atoms with E-state index < -0.39 is 0 Å². The maximum absolute atomic E-state index is 11.6. The van der Waals surface area contributed by atoms with Crippen molar-refractivity contribution < 1.29 is 19.0 Å². The van der Waals surface area contributed by atoms with Crippen molar-refractivity contribution in [3.8, 4) is 0 Å². The van der Waals surface area contributed by atoms with Crippen LogP contribution in [0.3, 0.4) is 0 Å². The summed E-state index contributed by atoms with van der Waals surface area (Å²) in [6, 6.07) is 0. The molecule has 2 saturated heterocycles. The Kier molecular flexibility index (Phi) is 9.74. The highest BCUT2D eigenvalue weighted by molar-refractivity contribution is 5.72. The number of unbranched alkanes of at least 4 members (excludes halogenated alkanes) is 10. The lowest BCUT2D eigenvalue weighted by Gasteiger charge is -2.21. The molecule has 0 aromatic carbocycles. The third-order valence-corrected chi connectivity index (χ3v) is 5.25. The largest absolute Gasteiger partial charge is 0.462 e. The lowest BCUT2D eigenvalue weighted by atomic mass is 9.95. The van der Waals surface area contributed by atoms with Crippen LogP contribution < -0.4 is 0 Å². The SMILES string of the molecule is CCCCCCCCCCCCC[C@H]1OC(=O)C[C@@H]1C1OCCO1. The number of cyclic esters (lactones) is 1. The number of carbonyl (C=O) groups is 1. The van der Waals surface area contributed by atoms with Crippen LogP contribution in [0.1, 0.15) is 90.4 Å². The fourth-order valence-corrected chi connectivity index (χ4v) is 3.81. The van der Waals surface area contributed by atoms with E-state index in [0.717, 1.165) is 12.8 Å². The molecule has 2 rings (SSSR count). The number of carbonyl (C=O) groups excluding carboxylic acids is 1. The molecule has 2 aliphatic rings. The zero-order valence-corrected chi connectivity index (χ0v) is 15.5. The van der Waals surface area contributed by atoms with E-state index in [-0.39, 0.29) is 24.3 Å². The molecule has 0 radical (unpaired) electrons. The number of rotatable bonds is 13. The summed E-state index contributed by atoms with van der Waals surface area (Å²) in [6.07, 6.45) is 15.9. The third kappa shape index (κ3) is 7.10. The van der Waals surface area contributed by atoms with Gasteiger partial charge < -0.3 is 14.2 Å². The van der Waals surface area contributed by atoms with Gasteiger partial charge in [-0.25, -0.2) is 0 Å². The molecule has 140 valence electrons. The Morgan fingerprint density at radius 1 is 0.833 bits per heavy atom. The van der Waals surface area contributed by atoms with E-state index in [0.29, 0.717) is 19.6 Å². The smallest absolute Gasteiger partial charge is 0.306 e. The molecule has 0 unspecified atom stereocenters. The fourth-order valence-electron chi connectivity index (χ4n) is 3.81. The molecule has 0 aromatic rings. The second kappa shape index (κ2) is 11.9. The van der Waals surface area contributed by atoms with Gasteiger partial charge in [-0.15, -0.1) is 0 Å². The zero-order valence-electron chi connectivity index (χ0n) is 15.5. The molecule has 4 heteroatoms. The Morgan fingerprint density at radius 2 is 1.38 bits per heavy atom. The van der Waals surface area contributed by atoms with Crippen LogP contribution in [0.15, 0.2) is 0 Å². The fraction of sp³-hybridized carbons (Fsp3) is 0.950. The Hall–Kier alpha value is -0.610. The van der Waals surface area contributed by atoms with Gasteiger partial charge in [0.15, 0.2) is 6.29 Å². The van der Waals surface area contributed by atoms with Crippen molar-refractivity contribution >= 4 is 5.97 Å². The van der Waals surface area contributed by atoms with E-state index >= 15 is 0 Å². The number of hydrogen-bond acceptors (Lipinski definition) is 4. The van der Waals surface area contributed by atoms with Gasteiger partial charge in [-0.2, -0.15) is 0 Å². The second-order valence-corrected chi connectivity index (χ2v) is 7.33.